The Morgan fingerprint density at radius 2 is 1.72 bits per heavy atom. The van der Waals surface area contributed by atoms with Gasteiger partial charge in [0.1, 0.15) is 0 Å². The maximum Gasteiger partial charge on any atom is 0.344 e. The van der Waals surface area contributed by atoms with E-state index in [1.807, 2.05) is 4.90 Å². The summed E-state index contributed by atoms with van der Waals surface area (Å²) in [7, 11) is 0. The van der Waals surface area contributed by atoms with Crippen LogP contribution < -0.4 is 9.64 Å². The molecule has 1 aromatic heterocycles. The summed E-state index contributed by atoms with van der Waals surface area (Å²) in [6, 6.07) is 7.43. The Labute approximate surface area is 166 Å². The number of rotatable bonds is 7. The summed E-state index contributed by atoms with van der Waals surface area (Å²) in [6.07, 6.45) is 3.32. The number of para-hydroxylation sites is 2. The second-order valence-electron chi connectivity index (χ2n) is 6.09. The summed E-state index contributed by atoms with van der Waals surface area (Å²) in [4.78, 5) is 46.3. The normalized spacial score (nSPS) is 13.7. The number of anilines is 1. The Bertz CT molecular complexity index is 870. The van der Waals surface area contributed by atoms with Crippen molar-refractivity contribution >= 4 is 23.5 Å². The SMILES string of the molecule is O=C(COc1ccccc1[N+](=O)[O-])OCC(=O)N1CCN(c2ncccn2)CC1. The van der Waals surface area contributed by atoms with E-state index in [-0.39, 0.29) is 17.3 Å². The Kier molecular flexibility index (Phi) is 6.51. The second kappa shape index (κ2) is 9.44. The van der Waals surface area contributed by atoms with Crippen LogP contribution in [0, 0.1) is 10.1 Å². The first-order chi connectivity index (χ1) is 14.0. The molecule has 1 aromatic carbocycles. The predicted octanol–water partition coefficient (Wildman–Crippen LogP) is 0.656. The zero-order valence-electron chi connectivity index (χ0n) is 15.5. The molecule has 0 unspecified atom stereocenters. The minimum atomic E-state index is -0.784. The smallest absolute Gasteiger partial charge is 0.344 e. The number of ether oxygens (including phenoxy) is 2. The third kappa shape index (κ3) is 5.37. The van der Waals surface area contributed by atoms with Gasteiger partial charge in [0.25, 0.3) is 5.91 Å². The van der Waals surface area contributed by atoms with Crippen molar-refractivity contribution in [3.8, 4) is 5.75 Å². The summed E-state index contributed by atoms with van der Waals surface area (Å²) in [6.45, 7) is 1.12. The third-order valence-corrected chi connectivity index (χ3v) is 4.23. The molecule has 2 heterocycles. The maximum atomic E-state index is 12.2. The monoisotopic (exact) mass is 401 g/mol. The van der Waals surface area contributed by atoms with Gasteiger partial charge >= 0.3 is 11.7 Å². The lowest BCUT2D eigenvalue weighted by molar-refractivity contribution is -0.385. The van der Waals surface area contributed by atoms with Crippen molar-refractivity contribution in [2.24, 2.45) is 0 Å². The van der Waals surface area contributed by atoms with Gasteiger partial charge < -0.3 is 19.3 Å². The van der Waals surface area contributed by atoms with E-state index < -0.39 is 24.1 Å². The summed E-state index contributed by atoms with van der Waals surface area (Å²) in [5.74, 6) is -0.538. The lowest BCUT2D eigenvalue weighted by atomic mass is 10.3. The molecular formula is C18H19N5O6. The number of piperazine rings is 1. The van der Waals surface area contributed by atoms with Crippen LogP contribution in [0.3, 0.4) is 0 Å². The van der Waals surface area contributed by atoms with Gasteiger partial charge in [0.05, 0.1) is 4.92 Å². The largest absolute Gasteiger partial charge is 0.475 e. The van der Waals surface area contributed by atoms with Crippen LogP contribution in [-0.4, -0.2) is 71.1 Å². The second-order valence-corrected chi connectivity index (χ2v) is 6.09. The number of esters is 1. The fourth-order valence-corrected chi connectivity index (χ4v) is 2.75. The van der Waals surface area contributed by atoms with Gasteiger partial charge in [-0.2, -0.15) is 0 Å². The molecule has 1 aliphatic rings. The van der Waals surface area contributed by atoms with E-state index in [1.165, 1.54) is 18.2 Å². The number of nitro groups is 1. The Morgan fingerprint density at radius 1 is 1.03 bits per heavy atom. The predicted molar refractivity (Wildman–Crippen MR) is 100 cm³/mol. The molecule has 1 saturated heterocycles. The Hall–Kier alpha value is -3.76. The van der Waals surface area contributed by atoms with E-state index in [4.69, 9.17) is 9.47 Å². The van der Waals surface area contributed by atoms with Crippen LogP contribution in [-0.2, 0) is 14.3 Å². The van der Waals surface area contributed by atoms with Gasteiger partial charge in [-0.25, -0.2) is 14.8 Å². The van der Waals surface area contributed by atoms with Crippen molar-refractivity contribution in [3.05, 3.63) is 52.8 Å². The minimum absolute atomic E-state index is 0.0416. The number of benzene rings is 1. The standard InChI is InChI=1S/C18H19N5O6/c24-16(21-8-10-22(11-9-21)18-19-6-3-7-20-18)12-29-17(25)13-28-15-5-2-1-4-14(15)23(26)27/h1-7H,8-13H2. The Morgan fingerprint density at radius 3 is 2.41 bits per heavy atom. The van der Waals surface area contributed by atoms with Crippen LogP contribution in [0.4, 0.5) is 11.6 Å². The number of aromatic nitrogens is 2. The van der Waals surface area contributed by atoms with Gasteiger partial charge in [-0.3, -0.25) is 14.9 Å². The highest BCUT2D eigenvalue weighted by atomic mass is 16.6. The summed E-state index contributed by atoms with van der Waals surface area (Å²) in [5.41, 5.74) is -0.253. The molecular weight excluding hydrogens is 382 g/mol. The first-order valence-corrected chi connectivity index (χ1v) is 8.86. The van der Waals surface area contributed by atoms with E-state index in [0.717, 1.165) is 0 Å². The fraction of sp³-hybridized carbons (Fsp3) is 0.333. The number of amides is 1. The van der Waals surface area contributed by atoms with Crippen LogP contribution in [0.1, 0.15) is 0 Å². The van der Waals surface area contributed by atoms with E-state index >= 15 is 0 Å². The molecule has 0 aliphatic carbocycles. The van der Waals surface area contributed by atoms with Gasteiger partial charge in [0.2, 0.25) is 5.95 Å². The molecule has 0 spiro atoms. The van der Waals surface area contributed by atoms with E-state index in [1.54, 1.807) is 29.4 Å². The van der Waals surface area contributed by atoms with Gasteiger partial charge in [-0.1, -0.05) is 12.1 Å². The van der Waals surface area contributed by atoms with Crippen LogP contribution in [0.25, 0.3) is 0 Å². The Balaban J connectivity index is 1.41. The molecule has 3 rings (SSSR count). The van der Waals surface area contributed by atoms with Crippen molar-refractivity contribution < 1.29 is 24.0 Å². The number of hydrogen-bond donors (Lipinski definition) is 0. The van der Waals surface area contributed by atoms with Gasteiger partial charge in [0.15, 0.2) is 19.0 Å². The van der Waals surface area contributed by atoms with E-state index in [2.05, 4.69) is 9.97 Å². The number of hydrogen-bond acceptors (Lipinski definition) is 9. The first kappa shape index (κ1) is 20.0. The van der Waals surface area contributed by atoms with Crippen LogP contribution in [0.2, 0.25) is 0 Å². The highest BCUT2D eigenvalue weighted by Gasteiger charge is 2.23. The molecule has 0 bridgehead atoms. The van der Waals surface area contributed by atoms with Crippen molar-refractivity contribution in [2.45, 2.75) is 0 Å². The van der Waals surface area contributed by atoms with Crippen LogP contribution in [0.5, 0.6) is 5.75 Å². The topological polar surface area (TPSA) is 128 Å². The number of nitro benzene ring substituents is 1. The van der Waals surface area contributed by atoms with Crippen molar-refractivity contribution in [3.63, 3.8) is 0 Å². The fourth-order valence-electron chi connectivity index (χ4n) is 2.75. The molecule has 0 radical (unpaired) electrons. The molecule has 0 N–H and O–H groups in total. The molecule has 1 fully saturated rings. The quantitative estimate of drug-likeness (QED) is 0.373. The highest BCUT2D eigenvalue weighted by molar-refractivity contribution is 5.81. The lowest BCUT2D eigenvalue weighted by Crippen LogP contribution is -2.50. The zero-order valence-corrected chi connectivity index (χ0v) is 15.5. The van der Waals surface area contributed by atoms with Gasteiger partial charge in [-0.15, -0.1) is 0 Å². The minimum Gasteiger partial charge on any atom is -0.475 e. The molecule has 1 aliphatic heterocycles. The summed E-state index contributed by atoms with van der Waals surface area (Å²) >= 11 is 0. The lowest BCUT2D eigenvalue weighted by Gasteiger charge is -2.34. The van der Waals surface area contributed by atoms with Crippen LogP contribution >= 0.6 is 0 Å². The number of carbonyl (C=O) groups is 2. The van der Waals surface area contributed by atoms with E-state index in [0.29, 0.717) is 32.1 Å². The molecule has 0 atom stereocenters. The molecule has 0 saturated carbocycles. The van der Waals surface area contributed by atoms with Crippen LogP contribution in [0.15, 0.2) is 42.7 Å². The van der Waals surface area contributed by atoms with Gasteiger partial charge in [-0.05, 0) is 12.1 Å². The summed E-state index contributed by atoms with van der Waals surface area (Å²) in [5, 5.41) is 10.9. The van der Waals surface area contributed by atoms with Crippen molar-refractivity contribution in [2.75, 3.05) is 44.3 Å². The average molecular weight is 401 g/mol. The van der Waals surface area contributed by atoms with Crippen molar-refractivity contribution in [1.82, 2.24) is 14.9 Å². The van der Waals surface area contributed by atoms with Gasteiger partial charge in [0, 0.05) is 44.6 Å². The average Bonchev–Trinajstić information content (AvgIpc) is 2.77. The molecule has 2 aromatic rings. The molecule has 11 nitrogen and oxygen atoms in total. The molecule has 11 heteroatoms. The van der Waals surface area contributed by atoms with E-state index in [9.17, 15) is 19.7 Å². The first-order valence-electron chi connectivity index (χ1n) is 8.86. The molecule has 29 heavy (non-hydrogen) atoms. The highest BCUT2D eigenvalue weighted by Crippen LogP contribution is 2.25. The third-order valence-electron chi connectivity index (χ3n) is 4.23. The molecule has 1 amide bonds. The number of carbonyl (C=O) groups excluding carboxylic acids is 2. The molecule has 152 valence electrons. The number of nitrogens with zero attached hydrogens (tertiary/aromatic N) is 5. The summed E-state index contributed by atoms with van der Waals surface area (Å²) < 4.78 is 10.1. The zero-order chi connectivity index (χ0) is 20.6. The maximum absolute atomic E-state index is 12.2. The van der Waals surface area contributed by atoms with Crippen molar-refractivity contribution in [1.29, 1.82) is 0 Å².